The summed E-state index contributed by atoms with van der Waals surface area (Å²) >= 11 is 6.12. The molecule has 1 heterocycles. The van der Waals surface area contributed by atoms with Gasteiger partial charge in [-0.25, -0.2) is 9.97 Å². The van der Waals surface area contributed by atoms with Crippen LogP contribution in [0.1, 0.15) is 24.3 Å². The molecule has 3 aromatic rings. The number of halogens is 1. The molecule has 0 bridgehead atoms. The van der Waals surface area contributed by atoms with E-state index in [9.17, 15) is 4.79 Å². The Balaban J connectivity index is 1.97. The van der Waals surface area contributed by atoms with Gasteiger partial charge >= 0.3 is 0 Å². The van der Waals surface area contributed by atoms with Gasteiger partial charge in [0.1, 0.15) is 11.5 Å². The van der Waals surface area contributed by atoms with Gasteiger partial charge in [0.05, 0.1) is 10.7 Å². The zero-order valence-corrected chi connectivity index (χ0v) is 15.3. The molecular formula is C20H19ClN4O. The Morgan fingerprint density at radius 2 is 1.69 bits per heavy atom. The smallest absolute Gasteiger partial charge is 0.274 e. The van der Waals surface area contributed by atoms with Gasteiger partial charge in [-0.15, -0.1) is 0 Å². The first-order valence-electron chi connectivity index (χ1n) is 8.30. The lowest BCUT2D eigenvalue weighted by atomic mass is 10.2. The number of para-hydroxylation sites is 1. The molecule has 0 fully saturated rings. The molecule has 3 rings (SSSR count). The van der Waals surface area contributed by atoms with Gasteiger partial charge < -0.3 is 10.6 Å². The van der Waals surface area contributed by atoms with Crippen molar-refractivity contribution in [2.75, 3.05) is 10.6 Å². The fourth-order valence-electron chi connectivity index (χ4n) is 2.40. The molecule has 1 aromatic heterocycles. The Hall–Kier alpha value is -2.92. The first kappa shape index (κ1) is 17.9. The van der Waals surface area contributed by atoms with E-state index in [4.69, 9.17) is 11.6 Å². The van der Waals surface area contributed by atoms with E-state index in [0.29, 0.717) is 22.4 Å². The van der Waals surface area contributed by atoms with E-state index in [0.717, 1.165) is 5.56 Å². The van der Waals surface area contributed by atoms with Crippen molar-refractivity contribution in [2.24, 2.45) is 0 Å². The monoisotopic (exact) mass is 366 g/mol. The molecule has 26 heavy (non-hydrogen) atoms. The second kappa shape index (κ2) is 7.97. The Morgan fingerprint density at radius 3 is 2.38 bits per heavy atom. The number of rotatable bonds is 5. The fourth-order valence-corrected chi connectivity index (χ4v) is 2.58. The van der Waals surface area contributed by atoms with Crippen LogP contribution < -0.4 is 10.6 Å². The van der Waals surface area contributed by atoms with Gasteiger partial charge in [0.25, 0.3) is 5.91 Å². The molecule has 132 valence electrons. The van der Waals surface area contributed by atoms with E-state index in [1.54, 1.807) is 24.3 Å². The van der Waals surface area contributed by atoms with Gasteiger partial charge in [0.2, 0.25) is 0 Å². The van der Waals surface area contributed by atoms with Gasteiger partial charge in [-0.2, -0.15) is 0 Å². The van der Waals surface area contributed by atoms with E-state index in [-0.39, 0.29) is 17.6 Å². The van der Waals surface area contributed by atoms with Crippen molar-refractivity contribution in [1.29, 1.82) is 0 Å². The number of hydrogen-bond donors (Lipinski definition) is 2. The van der Waals surface area contributed by atoms with E-state index in [1.807, 2.05) is 50.2 Å². The van der Waals surface area contributed by atoms with Crippen LogP contribution in [0.2, 0.25) is 5.02 Å². The summed E-state index contributed by atoms with van der Waals surface area (Å²) in [5.41, 5.74) is 1.64. The SMILES string of the molecule is CC(C)Nc1cc(C(=O)Nc2ccccc2Cl)nc(-c2ccccc2)n1. The van der Waals surface area contributed by atoms with E-state index in [1.165, 1.54) is 0 Å². The van der Waals surface area contributed by atoms with Crippen LogP contribution in [-0.2, 0) is 0 Å². The highest BCUT2D eigenvalue weighted by atomic mass is 35.5. The summed E-state index contributed by atoms with van der Waals surface area (Å²) in [6.45, 7) is 4.02. The second-order valence-electron chi connectivity index (χ2n) is 6.06. The number of benzene rings is 2. The molecule has 0 aliphatic heterocycles. The summed E-state index contributed by atoms with van der Waals surface area (Å²) in [5.74, 6) is 0.739. The minimum absolute atomic E-state index is 0.174. The number of hydrogen-bond acceptors (Lipinski definition) is 4. The van der Waals surface area contributed by atoms with Crippen LogP contribution in [-0.4, -0.2) is 21.9 Å². The summed E-state index contributed by atoms with van der Waals surface area (Å²) in [7, 11) is 0. The average Bonchev–Trinajstić information content (AvgIpc) is 2.63. The molecule has 0 saturated heterocycles. The van der Waals surface area contributed by atoms with Crippen molar-refractivity contribution < 1.29 is 4.79 Å². The van der Waals surface area contributed by atoms with Crippen LogP contribution in [0.25, 0.3) is 11.4 Å². The van der Waals surface area contributed by atoms with Crippen LogP contribution in [0.3, 0.4) is 0 Å². The number of aromatic nitrogens is 2. The third-order valence-electron chi connectivity index (χ3n) is 3.55. The highest BCUT2D eigenvalue weighted by molar-refractivity contribution is 6.33. The standard InChI is InChI=1S/C20H19ClN4O/c1-13(2)22-18-12-17(20(26)24-16-11-7-6-10-15(16)21)23-19(25-18)14-8-4-3-5-9-14/h3-13H,1-2H3,(H,24,26)(H,22,23,25). The minimum atomic E-state index is -0.343. The third kappa shape index (κ3) is 4.37. The normalized spacial score (nSPS) is 10.6. The number of anilines is 2. The first-order chi connectivity index (χ1) is 12.5. The molecule has 6 heteroatoms. The summed E-state index contributed by atoms with van der Waals surface area (Å²) < 4.78 is 0. The van der Waals surface area contributed by atoms with Crippen molar-refractivity contribution >= 4 is 29.0 Å². The summed E-state index contributed by atoms with van der Waals surface area (Å²) in [4.78, 5) is 21.7. The van der Waals surface area contributed by atoms with Gasteiger partial charge in [-0.3, -0.25) is 4.79 Å². The quantitative estimate of drug-likeness (QED) is 0.676. The molecule has 1 amide bonds. The van der Waals surface area contributed by atoms with Crippen molar-refractivity contribution in [3.63, 3.8) is 0 Å². The lowest BCUT2D eigenvalue weighted by Crippen LogP contribution is -2.17. The van der Waals surface area contributed by atoms with Crippen molar-refractivity contribution in [3.05, 3.63) is 71.4 Å². The van der Waals surface area contributed by atoms with Crippen molar-refractivity contribution in [1.82, 2.24) is 9.97 Å². The maximum absolute atomic E-state index is 12.7. The van der Waals surface area contributed by atoms with Crippen LogP contribution >= 0.6 is 11.6 Å². The van der Waals surface area contributed by atoms with Gasteiger partial charge in [0.15, 0.2) is 5.82 Å². The molecular weight excluding hydrogens is 348 g/mol. The zero-order valence-electron chi connectivity index (χ0n) is 14.5. The molecule has 0 unspecified atom stereocenters. The number of amides is 1. The topological polar surface area (TPSA) is 66.9 Å². The molecule has 0 aliphatic rings. The summed E-state index contributed by atoms with van der Waals surface area (Å²) in [6.07, 6.45) is 0. The molecule has 2 N–H and O–H groups in total. The van der Waals surface area contributed by atoms with Gasteiger partial charge in [-0.05, 0) is 26.0 Å². The fraction of sp³-hybridized carbons (Fsp3) is 0.150. The Kier molecular flexibility index (Phi) is 5.49. The maximum atomic E-state index is 12.7. The van der Waals surface area contributed by atoms with Crippen LogP contribution in [0.15, 0.2) is 60.7 Å². The van der Waals surface area contributed by atoms with Crippen LogP contribution in [0.4, 0.5) is 11.5 Å². The van der Waals surface area contributed by atoms with Crippen LogP contribution in [0.5, 0.6) is 0 Å². The first-order valence-corrected chi connectivity index (χ1v) is 8.67. The lowest BCUT2D eigenvalue weighted by molar-refractivity contribution is 0.102. The minimum Gasteiger partial charge on any atom is -0.368 e. The molecule has 0 radical (unpaired) electrons. The number of nitrogens with zero attached hydrogens (tertiary/aromatic N) is 2. The van der Waals surface area contributed by atoms with Crippen molar-refractivity contribution in [2.45, 2.75) is 19.9 Å². The molecule has 2 aromatic carbocycles. The van der Waals surface area contributed by atoms with E-state index >= 15 is 0 Å². The highest BCUT2D eigenvalue weighted by Gasteiger charge is 2.14. The van der Waals surface area contributed by atoms with Gasteiger partial charge in [0, 0.05) is 17.7 Å². The summed E-state index contributed by atoms with van der Waals surface area (Å²) in [5, 5.41) is 6.50. The summed E-state index contributed by atoms with van der Waals surface area (Å²) in [6, 6.07) is 18.4. The molecule has 0 atom stereocenters. The number of carbonyl (C=O) groups excluding carboxylic acids is 1. The largest absolute Gasteiger partial charge is 0.368 e. The predicted molar refractivity (Wildman–Crippen MR) is 106 cm³/mol. The molecule has 0 aliphatic carbocycles. The zero-order chi connectivity index (χ0) is 18.5. The predicted octanol–water partition coefficient (Wildman–Crippen LogP) is 4.87. The third-order valence-corrected chi connectivity index (χ3v) is 3.88. The van der Waals surface area contributed by atoms with Crippen LogP contribution in [0, 0.1) is 0 Å². The maximum Gasteiger partial charge on any atom is 0.274 e. The van der Waals surface area contributed by atoms with E-state index < -0.39 is 0 Å². The Morgan fingerprint density at radius 1 is 1.00 bits per heavy atom. The number of nitrogens with one attached hydrogen (secondary N) is 2. The number of carbonyl (C=O) groups is 1. The highest BCUT2D eigenvalue weighted by Crippen LogP contribution is 2.22. The van der Waals surface area contributed by atoms with Crippen molar-refractivity contribution in [3.8, 4) is 11.4 Å². The molecule has 0 saturated carbocycles. The van der Waals surface area contributed by atoms with Gasteiger partial charge in [-0.1, -0.05) is 54.1 Å². The Labute approximate surface area is 157 Å². The second-order valence-corrected chi connectivity index (χ2v) is 6.47. The Bertz CT molecular complexity index is 913. The van der Waals surface area contributed by atoms with E-state index in [2.05, 4.69) is 20.6 Å². The lowest BCUT2D eigenvalue weighted by Gasteiger charge is -2.13. The molecule has 0 spiro atoms. The molecule has 5 nitrogen and oxygen atoms in total. The average molecular weight is 367 g/mol.